The van der Waals surface area contributed by atoms with Crippen LogP contribution in [0.2, 0.25) is 0 Å². The van der Waals surface area contributed by atoms with Crippen molar-refractivity contribution in [3.05, 3.63) is 0 Å². The van der Waals surface area contributed by atoms with Gasteiger partial charge in [0.25, 0.3) is 0 Å². The molecule has 1 rings (SSSR count). The van der Waals surface area contributed by atoms with E-state index in [0.29, 0.717) is 5.41 Å². The SMILES string of the molecule is CC1(CNC(=O)C(C)(C)N)CCC1. The molecule has 0 radical (unpaired) electrons. The van der Waals surface area contributed by atoms with Crippen LogP contribution in [-0.4, -0.2) is 18.0 Å². The molecule has 0 saturated heterocycles. The van der Waals surface area contributed by atoms with Gasteiger partial charge >= 0.3 is 0 Å². The molecule has 1 aliphatic carbocycles. The quantitative estimate of drug-likeness (QED) is 0.688. The minimum absolute atomic E-state index is 0.0550. The van der Waals surface area contributed by atoms with Crippen LogP contribution in [0.4, 0.5) is 0 Å². The molecule has 0 heterocycles. The molecule has 0 bridgehead atoms. The summed E-state index contributed by atoms with van der Waals surface area (Å²) in [6, 6.07) is 0. The van der Waals surface area contributed by atoms with E-state index in [1.165, 1.54) is 19.3 Å². The monoisotopic (exact) mass is 184 g/mol. The summed E-state index contributed by atoms with van der Waals surface area (Å²) in [4.78, 5) is 11.4. The van der Waals surface area contributed by atoms with Gasteiger partial charge < -0.3 is 11.1 Å². The Balaban J connectivity index is 2.30. The fourth-order valence-electron chi connectivity index (χ4n) is 1.48. The zero-order chi connectivity index (χ0) is 10.1. The predicted octanol–water partition coefficient (Wildman–Crippen LogP) is 1.03. The van der Waals surface area contributed by atoms with Crippen molar-refractivity contribution in [1.82, 2.24) is 5.32 Å². The number of hydrogen-bond acceptors (Lipinski definition) is 2. The fourth-order valence-corrected chi connectivity index (χ4v) is 1.48. The van der Waals surface area contributed by atoms with Gasteiger partial charge in [-0.25, -0.2) is 0 Å². The third kappa shape index (κ3) is 2.69. The van der Waals surface area contributed by atoms with Gasteiger partial charge in [-0.15, -0.1) is 0 Å². The van der Waals surface area contributed by atoms with E-state index in [9.17, 15) is 4.79 Å². The highest BCUT2D eigenvalue weighted by molar-refractivity contribution is 5.85. The number of carbonyl (C=O) groups is 1. The first-order valence-electron chi connectivity index (χ1n) is 4.91. The second-order valence-corrected chi connectivity index (χ2v) is 5.07. The Bertz CT molecular complexity index is 201. The maximum atomic E-state index is 11.4. The molecule has 0 aromatic carbocycles. The molecule has 0 aliphatic heterocycles. The van der Waals surface area contributed by atoms with Crippen LogP contribution in [0.1, 0.15) is 40.0 Å². The highest BCUT2D eigenvalue weighted by Crippen LogP contribution is 2.39. The number of nitrogens with two attached hydrogens (primary N) is 1. The van der Waals surface area contributed by atoms with Crippen molar-refractivity contribution in [2.45, 2.75) is 45.6 Å². The van der Waals surface area contributed by atoms with E-state index in [1.807, 2.05) is 0 Å². The predicted molar refractivity (Wildman–Crippen MR) is 53.2 cm³/mol. The van der Waals surface area contributed by atoms with Gasteiger partial charge in [-0.3, -0.25) is 4.79 Å². The molecule has 0 spiro atoms. The molecule has 76 valence electrons. The van der Waals surface area contributed by atoms with E-state index in [4.69, 9.17) is 5.73 Å². The van der Waals surface area contributed by atoms with E-state index in [0.717, 1.165) is 6.54 Å². The summed E-state index contributed by atoms with van der Waals surface area (Å²) >= 11 is 0. The van der Waals surface area contributed by atoms with Crippen LogP contribution in [0.15, 0.2) is 0 Å². The zero-order valence-electron chi connectivity index (χ0n) is 8.81. The van der Waals surface area contributed by atoms with Crippen LogP contribution < -0.4 is 11.1 Å². The Kier molecular flexibility index (Phi) is 2.66. The smallest absolute Gasteiger partial charge is 0.239 e. The van der Waals surface area contributed by atoms with Gasteiger partial charge in [0.2, 0.25) is 5.91 Å². The number of amides is 1. The lowest BCUT2D eigenvalue weighted by atomic mass is 9.70. The standard InChI is InChI=1S/C10H20N2O/c1-9(2,11)8(13)12-7-10(3)5-4-6-10/h4-7,11H2,1-3H3,(H,12,13). The molecule has 1 aliphatic rings. The van der Waals surface area contributed by atoms with Crippen molar-refractivity contribution in [2.75, 3.05) is 6.54 Å². The van der Waals surface area contributed by atoms with Crippen molar-refractivity contribution in [1.29, 1.82) is 0 Å². The molecule has 0 atom stereocenters. The first-order chi connectivity index (χ1) is 5.83. The van der Waals surface area contributed by atoms with Crippen molar-refractivity contribution in [2.24, 2.45) is 11.1 Å². The Hall–Kier alpha value is -0.570. The summed E-state index contributed by atoms with van der Waals surface area (Å²) in [6.07, 6.45) is 3.73. The third-order valence-electron chi connectivity index (χ3n) is 2.82. The highest BCUT2D eigenvalue weighted by atomic mass is 16.2. The second-order valence-electron chi connectivity index (χ2n) is 5.07. The van der Waals surface area contributed by atoms with Gasteiger partial charge in [0.1, 0.15) is 0 Å². The summed E-state index contributed by atoms with van der Waals surface area (Å²) in [5.74, 6) is -0.0550. The van der Waals surface area contributed by atoms with Gasteiger partial charge in [0.15, 0.2) is 0 Å². The Labute approximate surface area is 80.1 Å². The third-order valence-corrected chi connectivity index (χ3v) is 2.82. The maximum absolute atomic E-state index is 11.4. The van der Waals surface area contributed by atoms with Crippen LogP contribution in [-0.2, 0) is 4.79 Å². The van der Waals surface area contributed by atoms with Crippen molar-refractivity contribution < 1.29 is 4.79 Å². The number of nitrogens with one attached hydrogen (secondary N) is 1. The van der Waals surface area contributed by atoms with Crippen LogP contribution >= 0.6 is 0 Å². The number of rotatable bonds is 3. The molecule has 1 saturated carbocycles. The van der Waals surface area contributed by atoms with Gasteiger partial charge in [-0.1, -0.05) is 13.3 Å². The minimum atomic E-state index is -0.750. The van der Waals surface area contributed by atoms with Gasteiger partial charge in [0.05, 0.1) is 5.54 Å². The van der Waals surface area contributed by atoms with Gasteiger partial charge in [-0.05, 0) is 32.1 Å². The van der Waals surface area contributed by atoms with Gasteiger partial charge in [-0.2, -0.15) is 0 Å². The molecule has 0 unspecified atom stereocenters. The lowest BCUT2D eigenvalue weighted by molar-refractivity contribution is -0.126. The molecule has 0 aromatic heterocycles. The normalized spacial score (nSPS) is 20.6. The molecular formula is C10H20N2O. The Morgan fingerprint density at radius 1 is 1.54 bits per heavy atom. The summed E-state index contributed by atoms with van der Waals surface area (Å²) < 4.78 is 0. The molecule has 3 nitrogen and oxygen atoms in total. The number of hydrogen-bond donors (Lipinski definition) is 2. The minimum Gasteiger partial charge on any atom is -0.354 e. The first-order valence-corrected chi connectivity index (χ1v) is 4.91. The molecule has 3 N–H and O–H groups in total. The summed E-state index contributed by atoms with van der Waals surface area (Å²) in [5.41, 5.74) is 5.24. The van der Waals surface area contributed by atoms with Crippen molar-refractivity contribution in [3.63, 3.8) is 0 Å². The van der Waals surface area contributed by atoms with E-state index in [2.05, 4.69) is 12.2 Å². The van der Waals surface area contributed by atoms with Crippen LogP contribution in [0.3, 0.4) is 0 Å². The molecule has 1 amide bonds. The Morgan fingerprint density at radius 3 is 2.38 bits per heavy atom. The second kappa shape index (κ2) is 3.29. The average molecular weight is 184 g/mol. The molecule has 3 heteroatoms. The summed E-state index contributed by atoms with van der Waals surface area (Å²) in [5, 5.41) is 2.90. The van der Waals surface area contributed by atoms with E-state index < -0.39 is 5.54 Å². The largest absolute Gasteiger partial charge is 0.354 e. The van der Waals surface area contributed by atoms with E-state index in [-0.39, 0.29) is 5.91 Å². The average Bonchev–Trinajstić information content (AvgIpc) is 1.94. The van der Waals surface area contributed by atoms with Crippen molar-refractivity contribution >= 4 is 5.91 Å². The Morgan fingerprint density at radius 2 is 2.08 bits per heavy atom. The molecular weight excluding hydrogens is 164 g/mol. The van der Waals surface area contributed by atoms with E-state index in [1.54, 1.807) is 13.8 Å². The lowest BCUT2D eigenvalue weighted by Crippen LogP contribution is -2.52. The van der Waals surface area contributed by atoms with E-state index >= 15 is 0 Å². The van der Waals surface area contributed by atoms with Crippen LogP contribution in [0.5, 0.6) is 0 Å². The highest BCUT2D eigenvalue weighted by Gasteiger charge is 2.33. The summed E-state index contributed by atoms with van der Waals surface area (Å²) in [6.45, 7) is 6.43. The molecule has 1 fully saturated rings. The fraction of sp³-hybridized carbons (Fsp3) is 0.900. The maximum Gasteiger partial charge on any atom is 0.239 e. The molecule has 0 aromatic rings. The summed E-state index contributed by atoms with van der Waals surface area (Å²) in [7, 11) is 0. The topological polar surface area (TPSA) is 55.1 Å². The van der Waals surface area contributed by atoms with Gasteiger partial charge in [0, 0.05) is 6.54 Å². The zero-order valence-corrected chi connectivity index (χ0v) is 8.81. The van der Waals surface area contributed by atoms with Crippen LogP contribution in [0, 0.1) is 5.41 Å². The van der Waals surface area contributed by atoms with Crippen molar-refractivity contribution in [3.8, 4) is 0 Å². The molecule has 13 heavy (non-hydrogen) atoms. The first kappa shape index (κ1) is 10.5. The van der Waals surface area contributed by atoms with Crippen LogP contribution in [0.25, 0.3) is 0 Å². The lowest BCUT2D eigenvalue weighted by Gasteiger charge is -2.39. The number of carbonyl (C=O) groups excluding carboxylic acids is 1.